The van der Waals surface area contributed by atoms with Gasteiger partial charge in [-0.15, -0.1) is 0 Å². The van der Waals surface area contributed by atoms with Crippen LogP contribution in [0.2, 0.25) is 0 Å². The molecule has 0 aromatic heterocycles. The highest BCUT2D eigenvalue weighted by atomic mass is 32.2. The molecule has 3 unspecified atom stereocenters. The van der Waals surface area contributed by atoms with Crippen LogP contribution < -0.4 is 5.32 Å². The van der Waals surface area contributed by atoms with Crippen molar-refractivity contribution >= 4 is 10.8 Å². The average molecular weight is 291 g/mol. The fourth-order valence-corrected chi connectivity index (χ4v) is 2.32. The van der Waals surface area contributed by atoms with Gasteiger partial charge in [-0.25, -0.2) is 8.78 Å². The third-order valence-electron chi connectivity index (χ3n) is 2.82. The van der Waals surface area contributed by atoms with Crippen molar-refractivity contribution in [3.05, 3.63) is 35.4 Å². The van der Waals surface area contributed by atoms with Gasteiger partial charge in [-0.1, -0.05) is 6.07 Å². The molecule has 0 saturated heterocycles. The zero-order valence-electron chi connectivity index (χ0n) is 11.0. The van der Waals surface area contributed by atoms with Crippen LogP contribution in [0.15, 0.2) is 18.2 Å². The van der Waals surface area contributed by atoms with E-state index in [1.165, 1.54) is 6.07 Å². The van der Waals surface area contributed by atoms with Crippen molar-refractivity contribution in [3.63, 3.8) is 0 Å². The van der Waals surface area contributed by atoms with Crippen molar-refractivity contribution in [2.24, 2.45) is 0 Å². The van der Waals surface area contributed by atoms with Crippen LogP contribution in [0.1, 0.15) is 25.0 Å². The van der Waals surface area contributed by atoms with Gasteiger partial charge in [0, 0.05) is 47.0 Å². The summed E-state index contributed by atoms with van der Waals surface area (Å²) in [6.07, 6.45) is 1.31. The third kappa shape index (κ3) is 5.76. The van der Waals surface area contributed by atoms with Gasteiger partial charge in [0.2, 0.25) is 0 Å². The van der Waals surface area contributed by atoms with E-state index in [2.05, 4.69) is 5.32 Å². The minimum atomic E-state index is -1.03. The standard InChI is InChI=1S/C13H19F2NO2S/c1-9(5-6-19(2)18)16-8-13(17)11-4-3-10(14)7-12(11)15/h3-4,7,9,13,16-17H,5-6,8H2,1-2H3. The molecule has 1 rings (SSSR count). The SMILES string of the molecule is CC(CCS(C)=O)NCC(O)c1ccc(F)cc1F. The van der Waals surface area contributed by atoms with Crippen LogP contribution in [0.5, 0.6) is 0 Å². The number of hydrogen-bond donors (Lipinski definition) is 2. The maximum atomic E-state index is 13.4. The molecule has 0 amide bonds. The van der Waals surface area contributed by atoms with E-state index in [-0.39, 0.29) is 18.2 Å². The number of benzene rings is 1. The fraction of sp³-hybridized carbons (Fsp3) is 0.538. The predicted octanol–water partition coefficient (Wildman–Crippen LogP) is 1.74. The van der Waals surface area contributed by atoms with Crippen molar-refractivity contribution in [2.45, 2.75) is 25.5 Å². The fourth-order valence-electron chi connectivity index (χ4n) is 1.64. The second-order valence-electron chi connectivity index (χ2n) is 4.56. The van der Waals surface area contributed by atoms with Gasteiger partial charge in [-0.2, -0.15) is 0 Å². The second-order valence-corrected chi connectivity index (χ2v) is 6.11. The molecule has 1 aromatic rings. The van der Waals surface area contributed by atoms with E-state index in [4.69, 9.17) is 0 Å². The maximum absolute atomic E-state index is 13.4. The molecule has 108 valence electrons. The molecule has 1 aromatic carbocycles. The summed E-state index contributed by atoms with van der Waals surface area (Å²) in [4.78, 5) is 0. The first kappa shape index (κ1) is 16.2. The lowest BCUT2D eigenvalue weighted by atomic mass is 10.1. The summed E-state index contributed by atoms with van der Waals surface area (Å²) in [5.41, 5.74) is 0.0696. The topological polar surface area (TPSA) is 49.3 Å². The van der Waals surface area contributed by atoms with E-state index in [9.17, 15) is 18.1 Å². The molecular formula is C13H19F2NO2S. The van der Waals surface area contributed by atoms with E-state index < -0.39 is 28.5 Å². The van der Waals surface area contributed by atoms with Gasteiger partial charge >= 0.3 is 0 Å². The van der Waals surface area contributed by atoms with Crippen LogP contribution in [-0.2, 0) is 10.8 Å². The molecule has 0 fully saturated rings. The van der Waals surface area contributed by atoms with Gasteiger partial charge in [-0.05, 0) is 19.4 Å². The lowest BCUT2D eigenvalue weighted by molar-refractivity contribution is 0.165. The first-order valence-corrected chi connectivity index (χ1v) is 7.79. The summed E-state index contributed by atoms with van der Waals surface area (Å²) in [6, 6.07) is 3.18. The molecule has 0 bridgehead atoms. The Morgan fingerprint density at radius 1 is 1.42 bits per heavy atom. The first-order valence-electron chi connectivity index (χ1n) is 6.06. The van der Waals surface area contributed by atoms with E-state index in [0.29, 0.717) is 12.2 Å². The first-order chi connectivity index (χ1) is 8.90. The van der Waals surface area contributed by atoms with Crippen molar-refractivity contribution in [2.75, 3.05) is 18.6 Å². The van der Waals surface area contributed by atoms with Crippen molar-refractivity contribution in [1.29, 1.82) is 0 Å². The van der Waals surface area contributed by atoms with E-state index in [1.54, 1.807) is 6.26 Å². The number of aliphatic hydroxyl groups excluding tert-OH is 1. The lowest BCUT2D eigenvalue weighted by Gasteiger charge is -2.17. The van der Waals surface area contributed by atoms with Gasteiger partial charge in [0.05, 0.1) is 6.10 Å². The molecule has 0 aliphatic heterocycles. The molecule has 0 aliphatic carbocycles. The Bertz CT molecular complexity index is 443. The Morgan fingerprint density at radius 2 is 2.11 bits per heavy atom. The van der Waals surface area contributed by atoms with E-state index >= 15 is 0 Å². The minimum Gasteiger partial charge on any atom is -0.387 e. The summed E-state index contributed by atoms with van der Waals surface area (Å²) < 4.78 is 37.1. The Hall–Kier alpha value is -0.850. The van der Waals surface area contributed by atoms with Crippen LogP contribution >= 0.6 is 0 Å². The molecule has 0 spiro atoms. The smallest absolute Gasteiger partial charge is 0.131 e. The molecule has 3 nitrogen and oxygen atoms in total. The van der Waals surface area contributed by atoms with Gasteiger partial charge in [0.15, 0.2) is 0 Å². The Morgan fingerprint density at radius 3 is 2.68 bits per heavy atom. The minimum absolute atomic E-state index is 0.0696. The number of halogens is 2. The Labute approximate surface area is 114 Å². The van der Waals surface area contributed by atoms with Gasteiger partial charge in [0.1, 0.15) is 11.6 Å². The van der Waals surface area contributed by atoms with Gasteiger partial charge < -0.3 is 10.4 Å². The average Bonchev–Trinajstić information content (AvgIpc) is 2.33. The summed E-state index contributed by atoms with van der Waals surface area (Å²) >= 11 is 0. The Balaban J connectivity index is 2.46. The van der Waals surface area contributed by atoms with Crippen LogP contribution in [0.4, 0.5) is 8.78 Å². The van der Waals surface area contributed by atoms with Crippen LogP contribution in [0.3, 0.4) is 0 Å². The molecule has 2 N–H and O–H groups in total. The van der Waals surface area contributed by atoms with Crippen molar-refractivity contribution in [3.8, 4) is 0 Å². The zero-order chi connectivity index (χ0) is 14.4. The third-order valence-corrected chi connectivity index (χ3v) is 3.63. The van der Waals surface area contributed by atoms with E-state index in [0.717, 1.165) is 12.1 Å². The molecule has 0 radical (unpaired) electrons. The van der Waals surface area contributed by atoms with Crippen LogP contribution in [0.25, 0.3) is 0 Å². The molecule has 3 atom stereocenters. The summed E-state index contributed by atoms with van der Waals surface area (Å²) in [6.45, 7) is 2.07. The highest BCUT2D eigenvalue weighted by Gasteiger charge is 2.14. The molecular weight excluding hydrogens is 272 g/mol. The highest BCUT2D eigenvalue weighted by Crippen LogP contribution is 2.17. The van der Waals surface area contributed by atoms with Crippen molar-refractivity contribution < 1.29 is 18.1 Å². The van der Waals surface area contributed by atoms with Crippen LogP contribution in [-0.4, -0.2) is 33.9 Å². The molecule has 19 heavy (non-hydrogen) atoms. The predicted molar refractivity (Wildman–Crippen MR) is 72.3 cm³/mol. The molecule has 0 heterocycles. The quantitative estimate of drug-likeness (QED) is 0.804. The number of nitrogens with one attached hydrogen (secondary N) is 1. The zero-order valence-corrected chi connectivity index (χ0v) is 11.8. The maximum Gasteiger partial charge on any atom is 0.131 e. The largest absolute Gasteiger partial charge is 0.387 e. The van der Waals surface area contributed by atoms with E-state index in [1.807, 2.05) is 6.92 Å². The lowest BCUT2D eigenvalue weighted by Crippen LogP contribution is -2.31. The molecule has 0 aliphatic rings. The normalized spacial score (nSPS) is 16.1. The highest BCUT2D eigenvalue weighted by molar-refractivity contribution is 7.84. The van der Waals surface area contributed by atoms with Gasteiger partial charge in [0.25, 0.3) is 0 Å². The summed E-state index contributed by atoms with van der Waals surface area (Å²) in [5.74, 6) is -0.841. The number of aliphatic hydroxyl groups is 1. The summed E-state index contributed by atoms with van der Waals surface area (Å²) in [5, 5.41) is 12.9. The molecule has 0 saturated carbocycles. The number of rotatable bonds is 7. The van der Waals surface area contributed by atoms with Crippen molar-refractivity contribution in [1.82, 2.24) is 5.32 Å². The van der Waals surface area contributed by atoms with Gasteiger partial charge in [-0.3, -0.25) is 4.21 Å². The molecule has 6 heteroatoms. The Kier molecular flexibility index (Phi) is 6.54. The summed E-state index contributed by atoms with van der Waals surface area (Å²) in [7, 11) is -0.847. The number of hydrogen-bond acceptors (Lipinski definition) is 3. The van der Waals surface area contributed by atoms with Crippen LogP contribution in [0, 0.1) is 11.6 Å². The monoisotopic (exact) mass is 291 g/mol. The second kappa shape index (κ2) is 7.67.